The van der Waals surface area contributed by atoms with Gasteiger partial charge in [-0.2, -0.15) is 0 Å². The molecule has 0 spiro atoms. The molecule has 1 aromatic heterocycles. The largest absolute Gasteiger partial charge is 0.481 e. The lowest BCUT2D eigenvalue weighted by molar-refractivity contribution is 0.395. The first-order valence-corrected chi connectivity index (χ1v) is 6.88. The number of aromatic nitrogens is 1. The first kappa shape index (κ1) is 13.1. The fourth-order valence-corrected chi connectivity index (χ4v) is 2.18. The molecule has 0 aromatic carbocycles. The van der Waals surface area contributed by atoms with Crippen molar-refractivity contribution in [3.63, 3.8) is 0 Å². The molecule has 0 fully saturated rings. The van der Waals surface area contributed by atoms with Crippen LogP contribution >= 0.6 is 0 Å². The summed E-state index contributed by atoms with van der Waals surface area (Å²) in [5, 5.41) is 3.27. The standard InChI is InChI=1S/C11H18N2O2S/c1-9(8-16(3)14)12-7-10-5-4-6-11(13-10)15-2/h4-6,9,12H,7-8H2,1-3H3. The molecule has 0 saturated heterocycles. The van der Waals surface area contributed by atoms with Crippen LogP contribution in [0.2, 0.25) is 0 Å². The lowest BCUT2D eigenvalue weighted by Gasteiger charge is -2.12. The maximum Gasteiger partial charge on any atom is 0.213 e. The van der Waals surface area contributed by atoms with E-state index in [2.05, 4.69) is 10.3 Å². The molecule has 90 valence electrons. The number of ether oxygens (including phenoxy) is 1. The van der Waals surface area contributed by atoms with Crippen LogP contribution in [-0.4, -0.2) is 34.4 Å². The average Bonchev–Trinajstić information content (AvgIpc) is 2.26. The first-order valence-electron chi connectivity index (χ1n) is 5.15. The van der Waals surface area contributed by atoms with Crippen LogP contribution in [0.25, 0.3) is 0 Å². The van der Waals surface area contributed by atoms with Gasteiger partial charge < -0.3 is 10.1 Å². The van der Waals surface area contributed by atoms with Crippen molar-refractivity contribution in [3.05, 3.63) is 23.9 Å². The smallest absolute Gasteiger partial charge is 0.213 e. The van der Waals surface area contributed by atoms with Crippen LogP contribution in [-0.2, 0) is 17.3 Å². The second-order valence-corrected chi connectivity index (χ2v) is 5.17. The van der Waals surface area contributed by atoms with Crippen molar-refractivity contribution >= 4 is 10.8 Å². The number of nitrogens with zero attached hydrogens (tertiary/aromatic N) is 1. The topological polar surface area (TPSA) is 51.2 Å². The van der Waals surface area contributed by atoms with Crippen LogP contribution in [0.3, 0.4) is 0 Å². The van der Waals surface area contributed by atoms with Crippen LogP contribution < -0.4 is 10.1 Å². The molecule has 0 aliphatic heterocycles. The minimum atomic E-state index is -0.767. The molecule has 0 aliphatic rings. The predicted octanol–water partition coefficient (Wildman–Crippen LogP) is 0.947. The molecule has 1 aromatic rings. The van der Waals surface area contributed by atoms with Gasteiger partial charge >= 0.3 is 0 Å². The predicted molar refractivity (Wildman–Crippen MR) is 66.0 cm³/mol. The third-order valence-corrected chi connectivity index (χ3v) is 3.08. The van der Waals surface area contributed by atoms with E-state index < -0.39 is 10.8 Å². The average molecular weight is 242 g/mol. The summed E-state index contributed by atoms with van der Waals surface area (Å²) < 4.78 is 16.0. The number of hydrogen-bond donors (Lipinski definition) is 1. The van der Waals surface area contributed by atoms with Crippen LogP contribution in [0.15, 0.2) is 18.2 Å². The molecular formula is C11H18N2O2S. The van der Waals surface area contributed by atoms with Crippen LogP contribution in [0.4, 0.5) is 0 Å². The van der Waals surface area contributed by atoms with Crippen molar-refractivity contribution in [1.82, 2.24) is 10.3 Å². The van der Waals surface area contributed by atoms with Crippen molar-refractivity contribution in [2.75, 3.05) is 19.1 Å². The Morgan fingerprint density at radius 3 is 2.94 bits per heavy atom. The molecule has 1 heterocycles. The number of rotatable bonds is 6. The molecule has 0 amide bonds. The van der Waals surface area contributed by atoms with Crippen molar-refractivity contribution in [2.24, 2.45) is 0 Å². The highest BCUT2D eigenvalue weighted by Gasteiger charge is 2.04. The molecule has 0 radical (unpaired) electrons. The molecule has 0 aliphatic carbocycles. The Morgan fingerprint density at radius 1 is 1.56 bits per heavy atom. The Kier molecular flexibility index (Phi) is 5.42. The van der Waals surface area contributed by atoms with E-state index >= 15 is 0 Å². The summed E-state index contributed by atoms with van der Waals surface area (Å²) in [6.45, 7) is 2.68. The third kappa shape index (κ3) is 4.72. The molecular weight excluding hydrogens is 224 g/mol. The van der Waals surface area contributed by atoms with E-state index in [9.17, 15) is 4.21 Å². The van der Waals surface area contributed by atoms with E-state index in [1.54, 1.807) is 13.4 Å². The lowest BCUT2D eigenvalue weighted by Crippen LogP contribution is -2.30. The van der Waals surface area contributed by atoms with E-state index in [1.807, 2.05) is 25.1 Å². The van der Waals surface area contributed by atoms with Gasteiger partial charge in [-0.25, -0.2) is 4.98 Å². The molecule has 2 atom stereocenters. The number of pyridine rings is 1. The van der Waals surface area contributed by atoms with Gasteiger partial charge in [-0.15, -0.1) is 0 Å². The summed E-state index contributed by atoms with van der Waals surface area (Å²) in [6, 6.07) is 5.88. The SMILES string of the molecule is COc1cccc(CNC(C)CS(C)=O)n1. The lowest BCUT2D eigenvalue weighted by atomic mass is 10.3. The number of nitrogens with one attached hydrogen (secondary N) is 1. The van der Waals surface area contributed by atoms with Gasteiger partial charge in [0.05, 0.1) is 12.8 Å². The molecule has 1 N–H and O–H groups in total. The number of hydrogen-bond acceptors (Lipinski definition) is 4. The van der Waals surface area contributed by atoms with Gasteiger partial charge in [-0.1, -0.05) is 6.07 Å². The van der Waals surface area contributed by atoms with Gasteiger partial charge in [-0.3, -0.25) is 4.21 Å². The van der Waals surface area contributed by atoms with E-state index in [4.69, 9.17) is 4.74 Å². The Balaban J connectivity index is 2.44. The normalized spacial score (nSPS) is 14.4. The van der Waals surface area contributed by atoms with E-state index in [0.717, 1.165) is 5.69 Å². The van der Waals surface area contributed by atoms with Gasteiger partial charge in [0.15, 0.2) is 0 Å². The van der Waals surface area contributed by atoms with Crippen molar-refractivity contribution in [2.45, 2.75) is 19.5 Å². The summed E-state index contributed by atoms with van der Waals surface area (Å²) in [6.07, 6.45) is 1.71. The minimum absolute atomic E-state index is 0.221. The van der Waals surface area contributed by atoms with Crippen molar-refractivity contribution in [3.8, 4) is 5.88 Å². The van der Waals surface area contributed by atoms with E-state index in [0.29, 0.717) is 18.2 Å². The van der Waals surface area contributed by atoms with Gasteiger partial charge in [0.2, 0.25) is 5.88 Å². The molecule has 2 unspecified atom stereocenters. The van der Waals surface area contributed by atoms with Gasteiger partial charge in [0.1, 0.15) is 0 Å². The van der Waals surface area contributed by atoms with Gasteiger partial charge in [0, 0.05) is 41.5 Å². The molecule has 16 heavy (non-hydrogen) atoms. The van der Waals surface area contributed by atoms with Gasteiger partial charge in [0.25, 0.3) is 0 Å². The van der Waals surface area contributed by atoms with Crippen LogP contribution in [0, 0.1) is 0 Å². The molecule has 5 heteroatoms. The molecule has 0 saturated carbocycles. The molecule has 1 rings (SSSR count). The van der Waals surface area contributed by atoms with E-state index in [1.165, 1.54) is 0 Å². The zero-order valence-electron chi connectivity index (χ0n) is 9.90. The summed E-state index contributed by atoms with van der Waals surface area (Å²) >= 11 is 0. The highest BCUT2D eigenvalue weighted by Crippen LogP contribution is 2.06. The molecule has 4 nitrogen and oxygen atoms in total. The Bertz CT molecular complexity index is 358. The van der Waals surface area contributed by atoms with Crippen LogP contribution in [0.1, 0.15) is 12.6 Å². The Morgan fingerprint density at radius 2 is 2.31 bits per heavy atom. The molecule has 0 bridgehead atoms. The van der Waals surface area contributed by atoms with Crippen LogP contribution in [0.5, 0.6) is 5.88 Å². The fraction of sp³-hybridized carbons (Fsp3) is 0.545. The maximum absolute atomic E-state index is 11.0. The highest BCUT2D eigenvalue weighted by atomic mass is 32.2. The maximum atomic E-state index is 11.0. The third-order valence-electron chi connectivity index (χ3n) is 2.11. The summed E-state index contributed by atoms with van der Waals surface area (Å²) in [7, 11) is 0.832. The number of methoxy groups -OCH3 is 1. The summed E-state index contributed by atoms with van der Waals surface area (Å²) in [4.78, 5) is 4.28. The second-order valence-electron chi connectivity index (χ2n) is 3.69. The zero-order chi connectivity index (χ0) is 12.0. The zero-order valence-corrected chi connectivity index (χ0v) is 10.7. The first-order chi connectivity index (χ1) is 7.61. The highest BCUT2D eigenvalue weighted by molar-refractivity contribution is 7.84. The van der Waals surface area contributed by atoms with Gasteiger partial charge in [-0.05, 0) is 13.0 Å². The fourth-order valence-electron chi connectivity index (χ4n) is 1.36. The second kappa shape index (κ2) is 6.60. The monoisotopic (exact) mass is 242 g/mol. The Hall–Kier alpha value is -0.940. The van der Waals surface area contributed by atoms with E-state index in [-0.39, 0.29) is 6.04 Å². The Labute approximate surface area is 98.9 Å². The minimum Gasteiger partial charge on any atom is -0.481 e. The summed E-state index contributed by atoms with van der Waals surface area (Å²) in [5.74, 6) is 1.27. The van der Waals surface area contributed by atoms with Crippen molar-refractivity contribution in [1.29, 1.82) is 0 Å². The van der Waals surface area contributed by atoms with Crippen molar-refractivity contribution < 1.29 is 8.95 Å². The quantitative estimate of drug-likeness (QED) is 0.807. The summed E-state index contributed by atoms with van der Waals surface area (Å²) in [5.41, 5.74) is 0.924.